The molecular weight excluding hydrogens is 258 g/mol. The van der Waals surface area contributed by atoms with E-state index in [0.29, 0.717) is 5.75 Å². The highest BCUT2D eigenvalue weighted by molar-refractivity contribution is 8.00. The zero-order valence-electron chi connectivity index (χ0n) is 10.1. The van der Waals surface area contributed by atoms with Gasteiger partial charge in [-0.25, -0.2) is 8.78 Å². The monoisotopic (exact) mass is 274 g/mol. The molecule has 3 N–H and O–H groups in total. The van der Waals surface area contributed by atoms with Crippen LogP contribution in [0.3, 0.4) is 0 Å². The van der Waals surface area contributed by atoms with Gasteiger partial charge in [0.15, 0.2) is 11.6 Å². The summed E-state index contributed by atoms with van der Waals surface area (Å²) < 4.78 is 25.5. The van der Waals surface area contributed by atoms with Gasteiger partial charge in [-0.15, -0.1) is 0 Å². The van der Waals surface area contributed by atoms with E-state index in [1.807, 2.05) is 6.92 Å². The lowest BCUT2D eigenvalue weighted by atomic mass is 10.3. The van der Waals surface area contributed by atoms with Gasteiger partial charge < -0.3 is 11.1 Å². The Bertz CT molecular complexity index is 415. The van der Waals surface area contributed by atoms with Crippen molar-refractivity contribution in [2.75, 3.05) is 16.8 Å². The summed E-state index contributed by atoms with van der Waals surface area (Å²) in [4.78, 5) is 11.5. The number of nitrogens with two attached hydrogens (primary N) is 1. The molecule has 0 aromatic heterocycles. The Kier molecular flexibility index (Phi) is 6.07. The molecule has 0 aliphatic rings. The molecule has 1 atom stereocenters. The minimum Gasteiger partial charge on any atom is -0.327 e. The Balaban J connectivity index is 2.38. The van der Waals surface area contributed by atoms with E-state index in [9.17, 15) is 13.6 Å². The zero-order valence-corrected chi connectivity index (χ0v) is 10.9. The van der Waals surface area contributed by atoms with Crippen LogP contribution < -0.4 is 11.1 Å². The molecule has 0 radical (unpaired) electrons. The van der Waals surface area contributed by atoms with Crippen molar-refractivity contribution in [3.8, 4) is 0 Å². The number of nitrogens with one attached hydrogen (secondary N) is 1. The summed E-state index contributed by atoms with van der Waals surface area (Å²) in [6, 6.07) is 3.32. The summed E-state index contributed by atoms with van der Waals surface area (Å²) in [5, 5.41) is 2.49. The average Bonchev–Trinajstić information content (AvgIpc) is 2.33. The summed E-state index contributed by atoms with van der Waals surface area (Å²) in [7, 11) is 0. The van der Waals surface area contributed by atoms with Crippen molar-refractivity contribution in [3.63, 3.8) is 0 Å². The van der Waals surface area contributed by atoms with Gasteiger partial charge in [0.2, 0.25) is 5.91 Å². The van der Waals surface area contributed by atoms with Crippen molar-refractivity contribution in [3.05, 3.63) is 29.8 Å². The predicted octanol–water partition coefficient (Wildman–Crippen LogP) is 2.37. The lowest BCUT2D eigenvalue weighted by Gasteiger charge is -2.08. The fourth-order valence-corrected chi connectivity index (χ4v) is 2.11. The summed E-state index contributed by atoms with van der Waals surface area (Å²) in [6.07, 6.45) is 0.859. The molecule has 0 fully saturated rings. The van der Waals surface area contributed by atoms with Crippen LogP contribution in [0.4, 0.5) is 14.5 Å². The average molecular weight is 274 g/mol. The lowest BCUT2D eigenvalue weighted by molar-refractivity contribution is -0.113. The van der Waals surface area contributed by atoms with E-state index in [-0.39, 0.29) is 23.4 Å². The van der Waals surface area contributed by atoms with Gasteiger partial charge in [0.05, 0.1) is 5.75 Å². The van der Waals surface area contributed by atoms with Crippen LogP contribution >= 0.6 is 11.8 Å². The molecule has 0 aliphatic heterocycles. The molecule has 6 heteroatoms. The number of carbonyl (C=O) groups is 1. The summed E-state index contributed by atoms with van der Waals surface area (Å²) in [5.41, 5.74) is 5.95. The van der Waals surface area contributed by atoms with Crippen molar-refractivity contribution in [2.24, 2.45) is 5.73 Å². The fraction of sp³-hybridized carbons (Fsp3) is 0.417. The van der Waals surface area contributed by atoms with E-state index in [1.165, 1.54) is 17.8 Å². The normalized spacial score (nSPS) is 12.2. The van der Waals surface area contributed by atoms with Crippen LogP contribution in [0.1, 0.15) is 13.3 Å². The number of benzene rings is 1. The van der Waals surface area contributed by atoms with Crippen molar-refractivity contribution < 1.29 is 13.6 Å². The van der Waals surface area contributed by atoms with Gasteiger partial charge in [0.1, 0.15) is 0 Å². The number of hydrogen-bond donors (Lipinski definition) is 2. The Morgan fingerprint density at radius 2 is 2.17 bits per heavy atom. The highest BCUT2D eigenvalue weighted by Crippen LogP contribution is 2.13. The summed E-state index contributed by atoms with van der Waals surface area (Å²) in [5.74, 6) is -1.23. The second kappa shape index (κ2) is 7.33. The minimum atomic E-state index is -0.978. The Morgan fingerprint density at radius 3 is 2.78 bits per heavy atom. The topological polar surface area (TPSA) is 55.1 Å². The first-order chi connectivity index (χ1) is 8.52. The van der Waals surface area contributed by atoms with Crippen LogP contribution in [-0.2, 0) is 4.79 Å². The van der Waals surface area contributed by atoms with Gasteiger partial charge in [0.25, 0.3) is 0 Å². The maximum Gasteiger partial charge on any atom is 0.234 e. The maximum absolute atomic E-state index is 12.9. The molecule has 0 saturated carbocycles. The molecule has 0 heterocycles. The van der Waals surface area contributed by atoms with Crippen molar-refractivity contribution in [1.29, 1.82) is 0 Å². The number of anilines is 1. The van der Waals surface area contributed by atoms with Gasteiger partial charge in [-0.1, -0.05) is 6.92 Å². The standard InChI is InChI=1S/C12H16F2N2OS/c1-2-8(15)6-18-7-12(17)16-9-3-4-10(13)11(14)5-9/h3-5,8H,2,6-7,15H2,1H3,(H,16,17). The van der Waals surface area contributed by atoms with Crippen LogP contribution in [0, 0.1) is 11.6 Å². The van der Waals surface area contributed by atoms with Crippen molar-refractivity contribution in [2.45, 2.75) is 19.4 Å². The number of hydrogen-bond acceptors (Lipinski definition) is 3. The second-order valence-electron chi connectivity index (χ2n) is 3.86. The molecule has 1 unspecified atom stereocenters. The SMILES string of the molecule is CCC(N)CSCC(=O)Nc1ccc(F)c(F)c1. The van der Waals surface area contributed by atoms with Gasteiger partial charge >= 0.3 is 0 Å². The smallest absolute Gasteiger partial charge is 0.234 e. The molecule has 0 bridgehead atoms. The van der Waals surface area contributed by atoms with E-state index in [2.05, 4.69) is 5.32 Å². The number of rotatable bonds is 6. The molecule has 0 saturated heterocycles. The summed E-state index contributed by atoms with van der Waals surface area (Å²) in [6.45, 7) is 1.98. The van der Waals surface area contributed by atoms with Crippen LogP contribution in [0.5, 0.6) is 0 Å². The van der Waals surface area contributed by atoms with Gasteiger partial charge in [-0.3, -0.25) is 4.79 Å². The molecule has 1 aromatic carbocycles. The van der Waals surface area contributed by atoms with Gasteiger partial charge in [0, 0.05) is 23.5 Å². The molecule has 1 rings (SSSR count). The molecular formula is C12H16F2N2OS. The number of thioether (sulfide) groups is 1. The third kappa shape index (κ3) is 5.01. The van der Waals surface area contributed by atoms with E-state index in [1.54, 1.807) is 0 Å². The lowest BCUT2D eigenvalue weighted by Crippen LogP contribution is -2.23. The first-order valence-corrected chi connectivity index (χ1v) is 6.76. The number of amides is 1. The van der Waals surface area contributed by atoms with Crippen LogP contribution in [0.15, 0.2) is 18.2 Å². The zero-order chi connectivity index (χ0) is 13.5. The van der Waals surface area contributed by atoms with Crippen molar-refractivity contribution >= 4 is 23.4 Å². The first kappa shape index (κ1) is 14.9. The third-order valence-electron chi connectivity index (χ3n) is 2.29. The second-order valence-corrected chi connectivity index (χ2v) is 4.89. The van der Waals surface area contributed by atoms with Crippen LogP contribution in [-0.4, -0.2) is 23.5 Å². The Hall–Kier alpha value is -1.14. The van der Waals surface area contributed by atoms with Crippen LogP contribution in [0.25, 0.3) is 0 Å². The minimum absolute atomic E-state index is 0.0751. The quantitative estimate of drug-likeness (QED) is 0.837. The molecule has 1 aromatic rings. The Labute approximate surface area is 109 Å². The molecule has 18 heavy (non-hydrogen) atoms. The van der Waals surface area contributed by atoms with Gasteiger partial charge in [-0.05, 0) is 18.6 Å². The van der Waals surface area contributed by atoms with E-state index < -0.39 is 11.6 Å². The van der Waals surface area contributed by atoms with Crippen molar-refractivity contribution in [1.82, 2.24) is 0 Å². The molecule has 1 amide bonds. The molecule has 100 valence electrons. The summed E-state index contributed by atoms with van der Waals surface area (Å²) >= 11 is 1.42. The molecule has 0 spiro atoms. The molecule has 3 nitrogen and oxygen atoms in total. The van der Waals surface area contributed by atoms with E-state index >= 15 is 0 Å². The maximum atomic E-state index is 12.9. The first-order valence-electron chi connectivity index (χ1n) is 5.61. The number of halogens is 2. The number of carbonyl (C=O) groups excluding carboxylic acids is 1. The third-order valence-corrected chi connectivity index (χ3v) is 3.42. The molecule has 0 aliphatic carbocycles. The van der Waals surface area contributed by atoms with E-state index in [0.717, 1.165) is 18.6 Å². The largest absolute Gasteiger partial charge is 0.327 e. The highest BCUT2D eigenvalue weighted by atomic mass is 32.2. The van der Waals surface area contributed by atoms with Gasteiger partial charge in [-0.2, -0.15) is 11.8 Å². The fourth-order valence-electron chi connectivity index (χ4n) is 1.19. The Morgan fingerprint density at radius 1 is 1.44 bits per heavy atom. The van der Waals surface area contributed by atoms with E-state index in [4.69, 9.17) is 5.73 Å². The highest BCUT2D eigenvalue weighted by Gasteiger charge is 2.07. The van der Waals surface area contributed by atoms with Crippen LogP contribution in [0.2, 0.25) is 0 Å². The predicted molar refractivity (Wildman–Crippen MR) is 70.6 cm³/mol.